The van der Waals surface area contributed by atoms with Crippen molar-refractivity contribution >= 4 is 11.9 Å². The first-order valence-corrected chi connectivity index (χ1v) is 3.96. The molecule has 3 unspecified atom stereocenters. The fraction of sp³-hybridized carbons (Fsp3) is 0.500. The Morgan fingerprint density at radius 3 is 2.69 bits per heavy atom. The Balaban J connectivity index is 2.39. The quantitative estimate of drug-likeness (QED) is 0.552. The van der Waals surface area contributed by atoms with E-state index in [0.29, 0.717) is 6.42 Å². The van der Waals surface area contributed by atoms with Crippen molar-refractivity contribution in [3.63, 3.8) is 0 Å². The zero-order valence-electron chi connectivity index (χ0n) is 6.77. The Hall–Kier alpha value is -1.36. The lowest BCUT2D eigenvalue weighted by molar-refractivity contribution is -0.152. The largest absolute Gasteiger partial charge is 0.481 e. The van der Waals surface area contributed by atoms with Crippen LogP contribution in [0.1, 0.15) is 6.42 Å². The second kappa shape index (κ2) is 2.32. The molecule has 0 aromatic heterocycles. The van der Waals surface area contributed by atoms with E-state index < -0.39 is 23.4 Å². The summed E-state index contributed by atoms with van der Waals surface area (Å²) in [5.41, 5.74) is 3.73. The highest BCUT2D eigenvalue weighted by atomic mass is 16.5. The number of nitrogens with two attached hydrogens (primary N) is 1. The summed E-state index contributed by atoms with van der Waals surface area (Å²) in [6, 6.07) is 0. The number of ether oxygens (including phenoxy) is 1. The van der Waals surface area contributed by atoms with E-state index in [1.165, 1.54) is 6.08 Å². The minimum atomic E-state index is -1.39. The van der Waals surface area contributed by atoms with Crippen molar-refractivity contribution in [3.05, 3.63) is 12.2 Å². The van der Waals surface area contributed by atoms with Gasteiger partial charge >= 0.3 is 5.97 Å². The van der Waals surface area contributed by atoms with E-state index in [4.69, 9.17) is 15.6 Å². The summed E-state index contributed by atoms with van der Waals surface area (Å²) in [5, 5.41) is 8.83. The van der Waals surface area contributed by atoms with Gasteiger partial charge in [-0.25, -0.2) is 0 Å². The number of primary amides is 1. The molecule has 1 saturated heterocycles. The van der Waals surface area contributed by atoms with E-state index in [-0.39, 0.29) is 6.10 Å². The fourth-order valence-corrected chi connectivity index (χ4v) is 1.91. The Bertz CT molecular complexity index is 311. The number of carbonyl (C=O) groups excluding carboxylic acids is 1. The Kier molecular flexibility index (Phi) is 1.47. The predicted octanol–water partition coefficient (Wildman–Crippen LogP) is -0.730. The van der Waals surface area contributed by atoms with Crippen molar-refractivity contribution in [2.45, 2.75) is 18.1 Å². The van der Waals surface area contributed by atoms with Crippen molar-refractivity contribution in [1.29, 1.82) is 0 Å². The molecular formula is C8H9NO4. The summed E-state index contributed by atoms with van der Waals surface area (Å²) in [7, 11) is 0. The molecule has 3 atom stereocenters. The average molecular weight is 183 g/mol. The van der Waals surface area contributed by atoms with Gasteiger partial charge in [0.15, 0.2) is 5.60 Å². The Morgan fingerprint density at radius 1 is 1.62 bits per heavy atom. The summed E-state index contributed by atoms with van der Waals surface area (Å²) in [4.78, 5) is 21.9. The van der Waals surface area contributed by atoms with E-state index in [1.807, 2.05) is 0 Å². The number of carboxylic acid groups (broad SMARTS) is 1. The van der Waals surface area contributed by atoms with Crippen LogP contribution in [-0.2, 0) is 14.3 Å². The summed E-state index contributed by atoms with van der Waals surface area (Å²) in [6.07, 6.45) is 3.20. The molecule has 3 N–H and O–H groups in total. The summed E-state index contributed by atoms with van der Waals surface area (Å²) < 4.78 is 5.23. The molecule has 13 heavy (non-hydrogen) atoms. The highest BCUT2D eigenvalue weighted by Gasteiger charge is 2.57. The smallest absolute Gasteiger partial charge is 0.310 e. The molecule has 2 aliphatic rings. The van der Waals surface area contributed by atoms with Crippen molar-refractivity contribution in [2.75, 3.05) is 0 Å². The van der Waals surface area contributed by atoms with Gasteiger partial charge in [0, 0.05) is 0 Å². The molecule has 0 aromatic carbocycles. The van der Waals surface area contributed by atoms with Crippen LogP contribution in [0.5, 0.6) is 0 Å². The van der Waals surface area contributed by atoms with Crippen molar-refractivity contribution in [1.82, 2.24) is 0 Å². The number of carbonyl (C=O) groups is 2. The van der Waals surface area contributed by atoms with Gasteiger partial charge < -0.3 is 15.6 Å². The first-order chi connectivity index (χ1) is 6.06. The molecule has 0 saturated carbocycles. The average Bonchev–Trinajstić information content (AvgIpc) is 2.60. The van der Waals surface area contributed by atoms with Gasteiger partial charge in [0.05, 0.1) is 6.10 Å². The minimum Gasteiger partial charge on any atom is -0.481 e. The lowest BCUT2D eigenvalue weighted by Gasteiger charge is -2.23. The molecule has 0 aliphatic carbocycles. The highest BCUT2D eigenvalue weighted by Crippen LogP contribution is 2.42. The highest BCUT2D eigenvalue weighted by molar-refractivity contribution is 5.93. The number of rotatable bonds is 2. The van der Waals surface area contributed by atoms with Crippen molar-refractivity contribution < 1.29 is 19.4 Å². The molecule has 1 fully saturated rings. The number of carboxylic acids is 1. The predicted molar refractivity (Wildman–Crippen MR) is 41.7 cm³/mol. The molecule has 2 rings (SSSR count). The Morgan fingerprint density at radius 2 is 2.31 bits per heavy atom. The van der Waals surface area contributed by atoms with Crippen LogP contribution in [0.4, 0.5) is 0 Å². The number of amides is 1. The van der Waals surface area contributed by atoms with Gasteiger partial charge in [-0.1, -0.05) is 6.08 Å². The zero-order chi connectivity index (χ0) is 9.64. The van der Waals surface area contributed by atoms with Crippen LogP contribution in [0.15, 0.2) is 12.2 Å². The van der Waals surface area contributed by atoms with Gasteiger partial charge in [-0.2, -0.15) is 0 Å². The molecule has 2 heterocycles. The molecule has 5 heteroatoms. The zero-order valence-corrected chi connectivity index (χ0v) is 6.77. The Labute approximate surface area is 74.2 Å². The fourth-order valence-electron chi connectivity index (χ4n) is 1.91. The molecule has 70 valence electrons. The van der Waals surface area contributed by atoms with Gasteiger partial charge in [0.2, 0.25) is 0 Å². The van der Waals surface area contributed by atoms with Crippen molar-refractivity contribution in [2.24, 2.45) is 11.7 Å². The van der Waals surface area contributed by atoms with E-state index in [2.05, 4.69) is 0 Å². The molecule has 2 aliphatic heterocycles. The maximum Gasteiger partial charge on any atom is 0.310 e. The number of hydrogen-bond donors (Lipinski definition) is 2. The third-order valence-corrected chi connectivity index (χ3v) is 2.57. The normalized spacial score (nSPS) is 40.9. The lowest BCUT2D eigenvalue weighted by atomic mass is 9.82. The van der Waals surface area contributed by atoms with Crippen LogP contribution >= 0.6 is 0 Å². The van der Waals surface area contributed by atoms with Crippen LogP contribution in [0.25, 0.3) is 0 Å². The van der Waals surface area contributed by atoms with Crippen LogP contribution in [0.3, 0.4) is 0 Å². The first-order valence-electron chi connectivity index (χ1n) is 3.96. The third-order valence-electron chi connectivity index (χ3n) is 2.57. The second-order valence-electron chi connectivity index (χ2n) is 3.30. The molecular weight excluding hydrogens is 174 g/mol. The van der Waals surface area contributed by atoms with E-state index in [1.54, 1.807) is 6.08 Å². The van der Waals surface area contributed by atoms with Crippen LogP contribution in [0, 0.1) is 5.92 Å². The lowest BCUT2D eigenvalue weighted by Crippen LogP contribution is -2.48. The van der Waals surface area contributed by atoms with E-state index in [9.17, 15) is 9.59 Å². The van der Waals surface area contributed by atoms with Gasteiger partial charge in [0.1, 0.15) is 5.92 Å². The van der Waals surface area contributed by atoms with Gasteiger partial charge in [-0.05, 0) is 12.5 Å². The van der Waals surface area contributed by atoms with Crippen LogP contribution in [0.2, 0.25) is 0 Å². The van der Waals surface area contributed by atoms with Gasteiger partial charge in [0.25, 0.3) is 5.91 Å². The topological polar surface area (TPSA) is 89.6 Å². The van der Waals surface area contributed by atoms with E-state index >= 15 is 0 Å². The summed E-state index contributed by atoms with van der Waals surface area (Å²) in [5.74, 6) is -2.60. The van der Waals surface area contributed by atoms with Crippen LogP contribution < -0.4 is 5.73 Å². The molecule has 0 spiro atoms. The minimum absolute atomic E-state index is 0.270. The van der Waals surface area contributed by atoms with E-state index in [0.717, 1.165) is 0 Å². The summed E-state index contributed by atoms with van der Waals surface area (Å²) >= 11 is 0. The molecule has 1 amide bonds. The molecule has 2 bridgehead atoms. The summed E-state index contributed by atoms with van der Waals surface area (Å²) in [6.45, 7) is 0. The monoisotopic (exact) mass is 183 g/mol. The molecule has 0 radical (unpaired) electrons. The van der Waals surface area contributed by atoms with Crippen molar-refractivity contribution in [3.8, 4) is 0 Å². The molecule has 5 nitrogen and oxygen atoms in total. The second-order valence-corrected chi connectivity index (χ2v) is 3.30. The van der Waals surface area contributed by atoms with Crippen LogP contribution in [-0.4, -0.2) is 28.7 Å². The van der Waals surface area contributed by atoms with Gasteiger partial charge in [-0.15, -0.1) is 0 Å². The number of aliphatic carboxylic acids is 1. The SMILES string of the molecule is NC(=O)C12C=CC(CC1C(=O)O)O2. The number of fused-ring (bicyclic) bond motifs is 2. The molecule has 0 aromatic rings. The maximum absolute atomic E-state index is 11.1. The van der Waals surface area contributed by atoms with Gasteiger partial charge in [-0.3, -0.25) is 9.59 Å². The first kappa shape index (κ1) is 8.25. The maximum atomic E-state index is 11.1. The number of hydrogen-bond acceptors (Lipinski definition) is 3. The third kappa shape index (κ3) is 0.904. The standard InChI is InChI=1S/C8H9NO4/c9-7(12)8-2-1-4(13-8)3-5(8)6(10)11/h1-2,4-5H,3H2,(H2,9,12)(H,10,11).